The van der Waals surface area contributed by atoms with E-state index in [2.05, 4.69) is 36.1 Å². The maximum atomic E-state index is 12.2. The van der Waals surface area contributed by atoms with Crippen molar-refractivity contribution in [1.29, 1.82) is 0 Å². The van der Waals surface area contributed by atoms with Crippen molar-refractivity contribution in [3.8, 4) is 5.75 Å². The van der Waals surface area contributed by atoms with Crippen LogP contribution in [0, 0.1) is 15.5 Å². The number of nitrogens with one attached hydrogen (secondary N) is 1. The first-order chi connectivity index (χ1) is 14.6. The Labute approximate surface area is 187 Å². The minimum Gasteiger partial charge on any atom is -0.502 e. The van der Waals surface area contributed by atoms with E-state index in [-0.39, 0.29) is 17.7 Å². The van der Waals surface area contributed by atoms with Crippen LogP contribution in [0.1, 0.15) is 38.0 Å². The van der Waals surface area contributed by atoms with Gasteiger partial charge in [-0.1, -0.05) is 38.2 Å². The van der Waals surface area contributed by atoms with Crippen molar-refractivity contribution in [2.45, 2.75) is 43.6 Å². The number of hydrogen-bond acceptors (Lipinski definition) is 9. The number of rotatable bonds is 8. The third kappa shape index (κ3) is 6.79. The Kier molecular flexibility index (Phi) is 6.96. The number of anilines is 1. The molecular formula is C20H22N4O5S2. The fourth-order valence-electron chi connectivity index (χ4n) is 2.71. The molecule has 9 nitrogen and oxygen atoms in total. The number of hydrogen-bond donors (Lipinski definition) is 2. The van der Waals surface area contributed by atoms with Crippen molar-refractivity contribution in [2.24, 2.45) is 5.41 Å². The number of aromatic hydroxyl groups is 1. The standard InChI is InChI=1S/C20H22N4O5S2/c1-20(2,3)8-13-9-21-17(29-13)11-30-18-10-22-19(31-18)23-16(26)7-12-4-5-15(25)14(6-12)24(27)28/h4-6,9-10,25H,7-8,11H2,1-3H3,(H,22,23,26). The van der Waals surface area contributed by atoms with Crippen LogP contribution in [0.4, 0.5) is 10.8 Å². The minimum atomic E-state index is -0.693. The molecule has 31 heavy (non-hydrogen) atoms. The van der Waals surface area contributed by atoms with Crippen molar-refractivity contribution < 1.29 is 19.2 Å². The summed E-state index contributed by atoms with van der Waals surface area (Å²) in [6, 6.07) is 3.85. The van der Waals surface area contributed by atoms with E-state index in [1.54, 1.807) is 12.4 Å². The number of thioether (sulfide) groups is 1. The van der Waals surface area contributed by atoms with Crippen molar-refractivity contribution in [3.05, 3.63) is 57.9 Å². The van der Waals surface area contributed by atoms with Gasteiger partial charge in [0.25, 0.3) is 0 Å². The number of phenolic OH excluding ortho intramolecular Hbond substituents is 1. The lowest BCUT2D eigenvalue weighted by Gasteiger charge is -2.15. The maximum Gasteiger partial charge on any atom is 0.310 e. The molecule has 0 spiro atoms. The number of amides is 1. The summed E-state index contributed by atoms with van der Waals surface area (Å²) in [5.74, 6) is 1.25. The van der Waals surface area contributed by atoms with Gasteiger partial charge in [0.1, 0.15) is 5.76 Å². The van der Waals surface area contributed by atoms with Gasteiger partial charge < -0.3 is 14.8 Å². The SMILES string of the molecule is CC(C)(C)Cc1cnc(CSc2cnc(NC(=O)Cc3ccc(O)c([N+](=O)[O-])c3)s2)o1. The average molecular weight is 463 g/mol. The highest BCUT2D eigenvalue weighted by Crippen LogP contribution is 2.31. The summed E-state index contributed by atoms with van der Waals surface area (Å²) in [5.41, 5.74) is 0.110. The molecule has 2 heterocycles. The van der Waals surface area contributed by atoms with Gasteiger partial charge >= 0.3 is 5.69 Å². The lowest BCUT2D eigenvalue weighted by atomic mass is 9.91. The molecule has 0 saturated heterocycles. The largest absolute Gasteiger partial charge is 0.502 e. The second-order valence-electron chi connectivity index (χ2n) is 8.04. The number of nitro groups is 1. The number of thiazole rings is 1. The first-order valence-corrected chi connectivity index (χ1v) is 11.2. The molecule has 3 aromatic rings. The number of nitro benzene ring substituents is 1. The van der Waals surface area contributed by atoms with Crippen LogP contribution in [0.15, 0.2) is 39.2 Å². The normalized spacial score (nSPS) is 11.5. The summed E-state index contributed by atoms with van der Waals surface area (Å²) >= 11 is 2.83. The Balaban J connectivity index is 1.52. The molecule has 0 bridgehead atoms. The zero-order chi connectivity index (χ0) is 22.6. The van der Waals surface area contributed by atoms with Crippen LogP contribution in [0.5, 0.6) is 5.75 Å². The van der Waals surface area contributed by atoms with E-state index >= 15 is 0 Å². The lowest BCUT2D eigenvalue weighted by molar-refractivity contribution is -0.385. The monoisotopic (exact) mass is 462 g/mol. The van der Waals surface area contributed by atoms with Gasteiger partial charge in [-0.2, -0.15) is 0 Å². The molecule has 2 aromatic heterocycles. The van der Waals surface area contributed by atoms with Crippen LogP contribution >= 0.6 is 23.1 Å². The number of oxazole rings is 1. The van der Waals surface area contributed by atoms with Gasteiger partial charge in [0.05, 0.1) is 33.7 Å². The van der Waals surface area contributed by atoms with Crippen molar-refractivity contribution >= 4 is 39.8 Å². The number of nitrogens with zero attached hydrogens (tertiary/aromatic N) is 3. The van der Waals surface area contributed by atoms with Crippen LogP contribution in [0.25, 0.3) is 0 Å². The van der Waals surface area contributed by atoms with Crippen molar-refractivity contribution in [1.82, 2.24) is 9.97 Å². The number of carbonyl (C=O) groups is 1. The highest BCUT2D eigenvalue weighted by Gasteiger charge is 2.17. The van der Waals surface area contributed by atoms with E-state index < -0.39 is 16.4 Å². The Morgan fingerprint density at radius 3 is 2.81 bits per heavy atom. The molecule has 3 rings (SSSR count). The molecule has 0 fully saturated rings. The van der Waals surface area contributed by atoms with Gasteiger partial charge in [0.2, 0.25) is 11.8 Å². The van der Waals surface area contributed by atoms with Gasteiger partial charge in [-0.3, -0.25) is 14.9 Å². The Bertz CT molecular complexity index is 1090. The van der Waals surface area contributed by atoms with Crippen LogP contribution in [-0.2, 0) is 23.4 Å². The molecule has 0 aliphatic rings. The summed E-state index contributed by atoms with van der Waals surface area (Å²) in [6.07, 6.45) is 4.16. The van der Waals surface area contributed by atoms with Gasteiger partial charge in [0.15, 0.2) is 10.9 Å². The molecule has 0 saturated carbocycles. The van der Waals surface area contributed by atoms with Crippen LogP contribution in [-0.4, -0.2) is 25.9 Å². The van der Waals surface area contributed by atoms with E-state index in [4.69, 9.17) is 4.42 Å². The summed E-state index contributed by atoms with van der Waals surface area (Å²) < 4.78 is 6.67. The van der Waals surface area contributed by atoms with Gasteiger partial charge in [0, 0.05) is 12.5 Å². The number of phenols is 1. The second-order valence-corrected chi connectivity index (χ2v) is 10.3. The molecule has 164 valence electrons. The fourth-order valence-corrected chi connectivity index (χ4v) is 4.45. The van der Waals surface area contributed by atoms with Crippen LogP contribution in [0.3, 0.4) is 0 Å². The second kappa shape index (κ2) is 9.48. The molecule has 11 heteroatoms. The summed E-state index contributed by atoms with van der Waals surface area (Å²) in [5, 5.41) is 23.5. The van der Waals surface area contributed by atoms with Crippen LogP contribution in [0.2, 0.25) is 0 Å². The van der Waals surface area contributed by atoms with Crippen molar-refractivity contribution in [3.63, 3.8) is 0 Å². The molecule has 0 aliphatic heterocycles. The first kappa shape index (κ1) is 22.8. The molecule has 0 atom stereocenters. The highest BCUT2D eigenvalue weighted by atomic mass is 32.2. The minimum absolute atomic E-state index is 0.0734. The Morgan fingerprint density at radius 1 is 1.32 bits per heavy atom. The number of carbonyl (C=O) groups excluding carboxylic acids is 1. The molecule has 1 aromatic carbocycles. The number of aromatic nitrogens is 2. The number of benzene rings is 1. The van der Waals surface area contributed by atoms with Gasteiger partial charge in [-0.05, 0) is 17.0 Å². The third-order valence-corrected chi connectivity index (χ3v) is 6.07. The van der Waals surface area contributed by atoms with E-state index in [9.17, 15) is 20.0 Å². The quantitative estimate of drug-likeness (QED) is 0.277. The van der Waals surface area contributed by atoms with E-state index in [0.717, 1.165) is 16.4 Å². The molecular weight excluding hydrogens is 440 g/mol. The van der Waals surface area contributed by atoms with E-state index in [0.29, 0.717) is 22.3 Å². The lowest BCUT2D eigenvalue weighted by Crippen LogP contribution is -2.14. The van der Waals surface area contributed by atoms with E-state index in [1.807, 2.05) is 0 Å². The first-order valence-electron chi connectivity index (χ1n) is 9.37. The summed E-state index contributed by atoms with van der Waals surface area (Å²) in [4.78, 5) is 30.9. The van der Waals surface area contributed by atoms with Gasteiger partial charge in [-0.25, -0.2) is 9.97 Å². The summed E-state index contributed by atoms with van der Waals surface area (Å²) in [7, 11) is 0. The molecule has 0 radical (unpaired) electrons. The van der Waals surface area contributed by atoms with Gasteiger partial charge in [-0.15, -0.1) is 11.8 Å². The average Bonchev–Trinajstić information content (AvgIpc) is 3.29. The van der Waals surface area contributed by atoms with Crippen molar-refractivity contribution in [2.75, 3.05) is 5.32 Å². The molecule has 0 unspecified atom stereocenters. The van der Waals surface area contributed by atoms with E-state index in [1.165, 1.54) is 41.3 Å². The zero-order valence-electron chi connectivity index (χ0n) is 17.2. The molecule has 1 amide bonds. The smallest absolute Gasteiger partial charge is 0.310 e. The predicted octanol–water partition coefficient (Wildman–Crippen LogP) is 4.81. The molecule has 0 aliphatic carbocycles. The third-order valence-electron chi connectivity index (χ3n) is 3.98. The maximum absolute atomic E-state index is 12.2. The topological polar surface area (TPSA) is 131 Å². The Hall–Kier alpha value is -2.92. The zero-order valence-corrected chi connectivity index (χ0v) is 18.9. The van der Waals surface area contributed by atoms with Crippen LogP contribution < -0.4 is 5.32 Å². The predicted molar refractivity (Wildman–Crippen MR) is 118 cm³/mol. The summed E-state index contributed by atoms with van der Waals surface area (Å²) in [6.45, 7) is 6.42. The highest BCUT2D eigenvalue weighted by molar-refractivity contribution is 8.00. The fraction of sp³-hybridized carbons (Fsp3) is 0.350. The Morgan fingerprint density at radius 2 is 2.10 bits per heavy atom. The molecule has 2 N–H and O–H groups in total.